The van der Waals surface area contributed by atoms with Crippen molar-refractivity contribution in [2.75, 3.05) is 20.3 Å². The summed E-state index contributed by atoms with van der Waals surface area (Å²) in [6.45, 7) is 2.66. The fourth-order valence-corrected chi connectivity index (χ4v) is 4.78. The molecule has 1 saturated carbocycles. The molecule has 2 bridgehead atoms. The van der Waals surface area contributed by atoms with Crippen molar-refractivity contribution in [1.82, 2.24) is 5.32 Å². The Labute approximate surface area is 156 Å². The van der Waals surface area contributed by atoms with E-state index in [4.69, 9.17) is 9.47 Å². The highest BCUT2D eigenvalue weighted by atomic mass is 16.5. The largest absolute Gasteiger partial charge is 0.497 e. The Morgan fingerprint density at radius 2 is 1.96 bits per heavy atom. The molecule has 0 aromatic heterocycles. The lowest BCUT2D eigenvalue weighted by molar-refractivity contribution is 0.0311. The van der Waals surface area contributed by atoms with Crippen LogP contribution < -0.4 is 10.1 Å². The van der Waals surface area contributed by atoms with E-state index < -0.39 is 0 Å². The zero-order valence-corrected chi connectivity index (χ0v) is 15.6. The van der Waals surface area contributed by atoms with Crippen molar-refractivity contribution in [1.29, 1.82) is 0 Å². The minimum atomic E-state index is 0.306. The van der Waals surface area contributed by atoms with E-state index in [9.17, 15) is 0 Å². The normalized spacial score (nSPS) is 27.9. The standard InChI is InChI=1S/C23H29NO2/c1-25-21-9-5-8-20(14-21)23-11-10-19(22(15-23)24-13-12-23)17-26-16-18-6-3-2-4-7-18/h2-9,14,19,22,24H,10-13,15-17H2,1H3. The number of nitrogens with one attached hydrogen (secondary N) is 1. The monoisotopic (exact) mass is 351 g/mol. The topological polar surface area (TPSA) is 30.5 Å². The second-order valence-corrected chi connectivity index (χ2v) is 7.83. The Morgan fingerprint density at radius 1 is 1.08 bits per heavy atom. The Kier molecular flexibility index (Phi) is 5.28. The van der Waals surface area contributed by atoms with E-state index in [2.05, 4.69) is 53.8 Å². The van der Waals surface area contributed by atoms with Gasteiger partial charge in [0.2, 0.25) is 0 Å². The molecule has 3 atom stereocenters. The number of benzene rings is 2. The SMILES string of the molecule is COc1cccc(C23CCNC(C2)C(COCc2ccccc2)CC3)c1. The van der Waals surface area contributed by atoms with Gasteiger partial charge in [-0.15, -0.1) is 0 Å². The maximum Gasteiger partial charge on any atom is 0.119 e. The molecule has 2 aromatic rings. The average molecular weight is 351 g/mol. The second-order valence-electron chi connectivity index (χ2n) is 7.83. The van der Waals surface area contributed by atoms with Gasteiger partial charge in [-0.1, -0.05) is 42.5 Å². The van der Waals surface area contributed by atoms with Crippen LogP contribution in [0, 0.1) is 5.92 Å². The number of ether oxygens (including phenoxy) is 2. The molecule has 1 heterocycles. The minimum absolute atomic E-state index is 0.306. The maximum atomic E-state index is 6.07. The van der Waals surface area contributed by atoms with E-state index >= 15 is 0 Å². The average Bonchev–Trinajstić information content (AvgIpc) is 2.71. The Hall–Kier alpha value is -1.84. The summed E-state index contributed by atoms with van der Waals surface area (Å²) >= 11 is 0. The highest BCUT2D eigenvalue weighted by Gasteiger charge is 2.44. The Morgan fingerprint density at radius 3 is 2.81 bits per heavy atom. The number of piperidine rings is 1. The van der Waals surface area contributed by atoms with Crippen LogP contribution >= 0.6 is 0 Å². The third kappa shape index (κ3) is 3.65. The predicted octanol–water partition coefficient (Wildman–Crippen LogP) is 4.31. The first-order valence-corrected chi connectivity index (χ1v) is 9.79. The number of hydrogen-bond acceptors (Lipinski definition) is 3. The van der Waals surface area contributed by atoms with Crippen LogP contribution in [-0.2, 0) is 16.8 Å². The minimum Gasteiger partial charge on any atom is -0.497 e. The third-order valence-electron chi connectivity index (χ3n) is 6.31. The molecular formula is C23H29NO2. The van der Waals surface area contributed by atoms with Gasteiger partial charge < -0.3 is 14.8 Å². The van der Waals surface area contributed by atoms with Crippen LogP contribution in [0.5, 0.6) is 5.75 Å². The molecule has 1 saturated heterocycles. The molecule has 1 aliphatic heterocycles. The highest BCUT2D eigenvalue weighted by molar-refractivity contribution is 5.35. The fraction of sp³-hybridized carbons (Fsp3) is 0.478. The summed E-state index contributed by atoms with van der Waals surface area (Å²) in [6, 6.07) is 19.7. The Bertz CT molecular complexity index is 717. The van der Waals surface area contributed by atoms with Crippen molar-refractivity contribution in [2.45, 2.75) is 43.7 Å². The van der Waals surface area contributed by atoms with Crippen LogP contribution in [0.4, 0.5) is 0 Å². The maximum absolute atomic E-state index is 6.07. The molecule has 4 rings (SSSR count). The zero-order valence-electron chi connectivity index (χ0n) is 15.6. The van der Waals surface area contributed by atoms with Gasteiger partial charge in [-0.3, -0.25) is 0 Å². The Balaban J connectivity index is 1.39. The molecule has 1 N–H and O–H groups in total. The van der Waals surface area contributed by atoms with Gasteiger partial charge in [0.25, 0.3) is 0 Å². The lowest BCUT2D eigenvalue weighted by atomic mass is 9.61. The molecule has 3 nitrogen and oxygen atoms in total. The first kappa shape index (κ1) is 17.6. The van der Waals surface area contributed by atoms with Gasteiger partial charge in [0, 0.05) is 6.04 Å². The summed E-state index contributed by atoms with van der Waals surface area (Å²) in [5, 5.41) is 3.76. The molecule has 3 heteroatoms. The van der Waals surface area contributed by atoms with E-state index in [1.54, 1.807) is 7.11 Å². The molecule has 0 radical (unpaired) electrons. The molecular weight excluding hydrogens is 322 g/mol. The van der Waals surface area contributed by atoms with Gasteiger partial charge in [-0.05, 0) is 66.8 Å². The van der Waals surface area contributed by atoms with Crippen LogP contribution in [0.25, 0.3) is 0 Å². The molecule has 138 valence electrons. The second kappa shape index (κ2) is 7.81. The van der Waals surface area contributed by atoms with Crippen molar-refractivity contribution in [3.8, 4) is 5.75 Å². The van der Waals surface area contributed by atoms with Gasteiger partial charge >= 0.3 is 0 Å². The molecule has 26 heavy (non-hydrogen) atoms. The lowest BCUT2D eigenvalue weighted by Gasteiger charge is -2.49. The van der Waals surface area contributed by atoms with Gasteiger partial charge in [-0.25, -0.2) is 0 Å². The number of hydrogen-bond donors (Lipinski definition) is 1. The van der Waals surface area contributed by atoms with Crippen LogP contribution in [0.2, 0.25) is 0 Å². The summed E-state index contributed by atoms with van der Waals surface area (Å²) in [4.78, 5) is 0. The van der Waals surface area contributed by atoms with Gasteiger partial charge in [0.15, 0.2) is 0 Å². The van der Waals surface area contributed by atoms with Crippen LogP contribution in [0.3, 0.4) is 0 Å². The summed E-state index contributed by atoms with van der Waals surface area (Å²) in [5.74, 6) is 1.58. The first-order chi connectivity index (χ1) is 12.8. The van der Waals surface area contributed by atoms with Crippen molar-refractivity contribution in [3.63, 3.8) is 0 Å². The molecule has 0 amide bonds. The quantitative estimate of drug-likeness (QED) is 0.841. The van der Waals surface area contributed by atoms with Crippen molar-refractivity contribution < 1.29 is 9.47 Å². The summed E-state index contributed by atoms with van der Waals surface area (Å²) in [7, 11) is 1.75. The smallest absolute Gasteiger partial charge is 0.119 e. The van der Waals surface area contributed by atoms with E-state index in [-0.39, 0.29) is 0 Å². The fourth-order valence-electron chi connectivity index (χ4n) is 4.78. The molecule has 2 aromatic carbocycles. The van der Waals surface area contributed by atoms with E-state index in [0.29, 0.717) is 24.0 Å². The summed E-state index contributed by atoms with van der Waals surface area (Å²) in [6.07, 6.45) is 4.90. The summed E-state index contributed by atoms with van der Waals surface area (Å²) < 4.78 is 11.5. The number of fused-ring (bicyclic) bond motifs is 2. The van der Waals surface area contributed by atoms with Gasteiger partial charge in [0.1, 0.15) is 5.75 Å². The lowest BCUT2D eigenvalue weighted by Crippen LogP contribution is -2.54. The van der Waals surface area contributed by atoms with Gasteiger partial charge in [0.05, 0.1) is 20.3 Å². The number of methoxy groups -OCH3 is 1. The molecule has 2 aliphatic rings. The van der Waals surface area contributed by atoms with Crippen molar-refractivity contribution in [2.24, 2.45) is 5.92 Å². The predicted molar refractivity (Wildman–Crippen MR) is 105 cm³/mol. The molecule has 1 aliphatic carbocycles. The first-order valence-electron chi connectivity index (χ1n) is 9.79. The van der Waals surface area contributed by atoms with Gasteiger partial charge in [-0.2, -0.15) is 0 Å². The van der Waals surface area contributed by atoms with E-state index in [1.165, 1.54) is 36.8 Å². The highest BCUT2D eigenvalue weighted by Crippen LogP contribution is 2.46. The van der Waals surface area contributed by atoms with Crippen molar-refractivity contribution >= 4 is 0 Å². The molecule has 2 fully saturated rings. The van der Waals surface area contributed by atoms with Crippen molar-refractivity contribution in [3.05, 3.63) is 65.7 Å². The summed E-state index contributed by atoms with van der Waals surface area (Å²) in [5.41, 5.74) is 3.01. The number of rotatable bonds is 6. The molecule has 3 unspecified atom stereocenters. The van der Waals surface area contributed by atoms with Crippen LogP contribution in [-0.4, -0.2) is 26.3 Å². The third-order valence-corrected chi connectivity index (χ3v) is 6.31. The van der Waals surface area contributed by atoms with Crippen LogP contribution in [0.1, 0.15) is 36.8 Å². The van der Waals surface area contributed by atoms with E-state index in [1.807, 2.05) is 6.07 Å². The zero-order chi connectivity index (χ0) is 17.8. The van der Waals surface area contributed by atoms with Crippen LogP contribution in [0.15, 0.2) is 54.6 Å². The van der Waals surface area contributed by atoms with E-state index in [0.717, 1.165) is 18.9 Å². The molecule has 0 spiro atoms.